The molecular weight excluding hydrogens is 378 g/mol. The molecule has 1 atom stereocenters. The third-order valence-corrected chi connectivity index (χ3v) is 6.20. The Morgan fingerprint density at radius 3 is 2.30 bits per heavy atom. The highest BCUT2D eigenvalue weighted by Gasteiger charge is 2.44. The molecule has 0 saturated carbocycles. The van der Waals surface area contributed by atoms with Crippen molar-refractivity contribution in [1.29, 1.82) is 0 Å². The summed E-state index contributed by atoms with van der Waals surface area (Å²) < 4.78 is 5.38. The van der Waals surface area contributed by atoms with Gasteiger partial charge in [0.25, 0.3) is 11.8 Å². The molecule has 2 heterocycles. The van der Waals surface area contributed by atoms with E-state index in [-0.39, 0.29) is 23.4 Å². The zero-order valence-corrected chi connectivity index (χ0v) is 17.9. The number of nitrogens with zero attached hydrogens (tertiary/aromatic N) is 3. The van der Waals surface area contributed by atoms with Crippen LogP contribution in [-0.2, 0) is 0 Å². The predicted molar refractivity (Wildman–Crippen MR) is 116 cm³/mol. The molecule has 158 valence electrons. The molecule has 2 saturated heterocycles. The maximum Gasteiger partial charge on any atom is 0.257 e. The van der Waals surface area contributed by atoms with Gasteiger partial charge in [0, 0.05) is 49.9 Å². The van der Waals surface area contributed by atoms with Crippen molar-refractivity contribution in [2.24, 2.45) is 0 Å². The molecule has 2 aromatic rings. The van der Waals surface area contributed by atoms with E-state index >= 15 is 0 Å². The molecule has 4 rings (SSSR count). The van der Waals surface area contributed by atoms with Crippen LogP contribution >= 0.6 is 0 Å². The van der Waals surface area contributed by atoms with Crippen LogP contribution in [0.2, 0.25) is 0 Å². The van der Waals surface area contributed by atoms with E-state index in [1.54, 1.807) is 7.11 Å². The SMILES string of the molecule is COc1ccccc1C(=O)N1CCN2C(CN(C(=O)c3ccccc3)CC2(C)C)C1. The number of fused-ring (bicyclic) bond motifs is 1. The highest BCUT2D eigenvalue weighted by molar-refractivity contribution is 5.97. The molecular formula is C24H29N3O3. The Hall–Kier alpha value is -2.86. The monoisotopic (exact) mass is 407 g/mol. The standard InChI is InChI=1S/C24H29N3O3/c1-24(2)17-26(22(28)18-9-5-4-6-10-18)16-19-15-25(13-14-27(19)24)23(29)20-11-7-8-12-21(20)30-3/h4-12,19H,13-17H2,1-3H3. The molecule has 0 bridgehead atoms. The lowest BCUT2D eigenvalue weighted by Crippen LogP contribution is -2.70. The Morgan fingerprint density at radius 1 is 0.900 bits per heavy atom. The van der Waals surface area contributed by atoms with Crippen LogP contribution in [0.4, 0.5) is 0 Å². The normalized spacial score (nSPS) is 21.1. The number of hydrogen-bond acceptors (Lipinski definition) is 4. The number of ether oxygens (including phenoxy) is 1. The fraction of sp³-hybridized carbons (Fsp3) is 0.417. The van der Waals surface area contributed by atoms with Gasteiger partial charge in [0.05, 0.1) is 12.7 Å². The molecule has 0 aliphatic carbocycles. The molecule has 2 amide bonds. The van der Waals surface area contributed by atoms with Crippen molar-refractivity contribution >= 4 is 11.8 Å². The fourth-order valence-corrected chi connectivity index (χ4v) is 4.78. The van der Waals surface area contributed by atoms with Gasteiger partial charge in [-0.15, -0.1) is 0 Å². The number of hydrogen-bond donors (Lipinski definition) is 0. The number of carbonyl (C=O) groups excluding carboxylic acids is 2. The average molecular weight is 408 g/mol. The number of benzene rings is 2. The number of amides is 2. The van der Waals surface area contributed by atoms with E-state index in [0.29, 0.717) is 43.1 Å². The van der Waals surface area contributed by atoms with E-state index < -0.39 is 0 Å². The molecule has 2 aliphatic rings. The molecule has 30 heavy (non-hydrogen) atoms. The molecule has 2 aromatic carbocycles. The van der Waals surface area contributed by atoms with Crippen LogP contribution < -0.4 is 4.74 Å². The number of para-hydroxylation sites is 1. The molecule has 6 heteroatoms. The highest BCUT2D eigenvalue weighted by atomic mass is 16.5. The van der Waals surface area contributed by atoms with Crippen LogP contribution in [0.3, 0.4) is 0 Å². The zero-order valence-electron chi connectivity index (χ0n) is 17.9. The third-order valence-electron chi connectivity index (χ3n) is 6.20. The van der Waals surface area contributed by atoms with Gasteiger partial charge >= 0.3 is 0 Å². The van der Waals surface area contributed by atoms with Gasteiger partial charge in [0.15, 0.2) is 0 Å². The van der Waals surface area contributed by atoms with E-state index in [1.165, 1.54) is 0 Å². The van der Waals surface area contributed by atoms with Crippen LogP contribution in [-0.4, -0.2) is 77.9 Å². The fourth-order valence-electron chi connectivity index (χ4n) is 4.78. The van der Waals surface area contributed by atoms with E-state index in [4.69, 9.17) is 4.74 Å². The van der Waals surface area contributed by atoms with Crippen molar-refractivity contribution in [2.75, 3.05) is 39.8 Å². The summed E-state index contributed by atoms with van der Waals surface area (Å²) in [5.74, 6) is 0.628. The van der Waals surface area contributed by atoms with E-state index in [9.17, 15) is 9.59 Å². The summed E-state index contributed by atoms with van der Waals surface area (Å²) in [5.41, 5.74) is 1.15. The number of methoxy groups -OCH3 is 1. The molecule has 0 N–H and O–H groups in total. The lowest BCUT2D eigenvalue weighted by atomic mass is 9.92. The second-order valence-electron chi connectivity index (χ2n) is 8.66. The Bertz CT molecular complexity index is 928. The van der Waals surface area contributed by atoms with Crippen LogP contribution in [0.1, 0.15) is 34.6 Å². The lowest BCUT2D eigenvalue weighted by molar-refractivity contribution is -0.0507. The summed E-state index contributed by atoms with van der Waals surface area (Å²) in [4.78, 5) is 32.6. The minimum atomic E-state index is -0.146. The predicted octanol–water partition coefficient (Wildman–Crippen LogP) is 2.76. The van der Waals surface area contributed by atoms with Crippen molar-refractivity contribution in [3.63, 3.8) is 0 Å². The first-order valence-corrected chi connectivity index (χ1v) is 10.4. The van der Waals surface area contributed by atoms with Crippen LogP contribution in [0.15, 0.2) is 54.6 Å². The number of piperazine rings is 2. The van der Waals surface area contributed by atoms with Gasteiger partial charge in [0.2, 0.25) is 0 Å². The smallest absolute Gasteiger partial charge is 0.257 e. The quantitative estimate of drug-likeness (QED) is 0.785. The largest absolute Gasteiger partial charge is 0.496 e. The molecule has 1 unspecified atom stereocenters. The van der Waals surface area contributed by atoms with Crippen molar-refractivity contribution < 1.29 is 14.3 Å². The van der Waals surface area contributed by atoms with Gasteiger partial charge in [-0.2, -0.15) is 0 Å². The summed E-state index contributed by atoms with van der Waals surface area (Å²) >= 11 is 0. The molecule has 0 radical (unpaired) electrons. The highest BCUT2D eigenvalue weighted by Crippen LogP contribution is 2.30. The zero-order chi connectivity index (χ0) is 21.3. The minimum absolute atomic E-state index is 0.0172. The van der Waals surface area contributed by atoms with Gasteiger partial charge in [-0.05, 0) is 38.1 Å². The van der Waals surface area contributed by atoms with Crippen molar-refractivity contribution in [3.8, 4) is 5.75 Å². The second-order valence-corrected chi connectivity index (χ2v) is 8.66. The van der Waals surface area contributed by atoms with Crippen LogP contribution in [0.5, 0.6) is 5.75 Å². The summed E-state index contributed by atoms with van der Waals surface area (Å²) in [6.07, 6.45) is 0. The Morgan fingerprint density at radius 2 is 1.57 bits per heavy atom. The third kappa shape index (κ3) is 3.79. The minimum Gasteiger partial charge on any atom is -0.496 e. The Labute approximate surface area is 178 Å². The lowest BCUT2D eigenvalue weighted by Gasteiger charge is -2.55. The van der Waals surface area contributed by atoms with Crippen molar-refractivity contribution in [1.82, 2.24) is 14.7 Å². The summed E-state index contributed by atoms with van der Waals surface area (Å²) in [5, 5.41) is 0. The summed E-state index contributed by atoms with van der Waals surface area (Å²) in [7, 11) is 1.58. The van der Waals surface area contributed by atoms with Gasteiger partial charge in [-0.25, -0.2) is 0 Å². The van der Waals surface area contributed by atoms with Crippen molar-refractivity contribution in [3.05, 3.63) is 65.7 Å². The molecule has 6 nitrogen and oxygen atoms in total. The van der Waals surface area contributed by atoms with Crippen molar-refractivity contribution in [2.45, 2.75) is 25.4 Å². The second kappa shape index (κ2) is 8.11. The van der Waals surface area contributed by atoms with E-state index in [1.807, 2.05) is 64.4 Å². The molecule has 0 aromatic heterocycles. The topological polar surface area (TPSA) is 53.1 Å². The first-order chi connectivity index (χ1) is 14.4. The molecule has 2 aliphatic heterocycles. The summed E-state index contributed by atoms with van der Waals surface area (Å²) in [6, 6.07) is 16.9. The van der Waals surface area contributed by atoms with E-state index in [2.05, 4.69) is 18.7 Å². The molecule has 2 fully saturated rings. The van der Waals surface area contributed by atoms with Gasteiger partial charge in [-0.3, -0.25) is 14.5 Å². The molecule has 0 spiro atoms. The Balaban J connectivity index is 1.53. The average Bonchev–Trinajstić information content (AvgIpc) is 2.77. The van der Waals surface area contributed by atoms with Gasteiger partial charge in [0.1, 0.15) is 5.75 Å². The summed E-state index contributed by atoms with van der Waals surface area (Å²) in [6.45, 7) is 7.73. The first kappa shape index (κ1) is 20.4. The van der Waals surface area contributed by atoms with E-state index in [0.717, 1.165) is 6.54 Å². The van der Waals surface area contributed by atoms with Crippen LogP contribution in [0, 0.1) is 0 Å². The Kier molecular flexibility index (Phi) is 5.52. The number of rotatable bonds is 3. The first-order valence-electron chi connectivity index (χ1n) is 10.4. The van der Waals surface area contributed by atoms with Gasteiger partial charge in [-0.1, -0.05) is 30.3 Å². The number of carbonyl (C=O) groups is 2. The van der Waals surface area contributed by atoms with Gasteiger partial charge < -0.3 is 14.5 Å². The van der Waals surface area contributed by atoms with Crippen LogP contribution in [0.25, 0.3) is 0 Å². The maximum atomic E-state index is 13.2. The maximum absolute atomic E-state index is 13.2.